The number of hydrogen-bond donors (Lipinski definition) is 2. The average molecular weight is 316 g/mol. The van der Waals surface area contributed by atoms with E-state index in [1.54, 1.807) is 17.1 Å². The molecule has 0 spiro atoms. The standard InChI is InChI=1S/C16H20N4O3/c1-2-7-17-16(21)19-12-8-18-20(9-12)10-13-11-22-14-5-3-4-6-15(14)23-13/h3-6,8-9,13H,2,7,10-11H2,1H3,(H2,17,19,21). The molecule has 1 atom stereocenters. The van der Waals surface area contributed by atoms with Gasteiger partial charge in [0, 0.05) is 12.7 Å². The maximum atomic E-state index is 11.6. The number of nitrogens with zero attached hydrogens (tertiary/aromatic N) is 2. The number of benzene rings is 1. The maximum absolute atomic E-state index is 11.6. The second-order valence-electron chi connectivity index (χ2n) is 5.33. The van der Waals surface area contributed by atoms with Crippen LogP contribution < -0.4 is 20.1 Å². The van der Waals surface area contributed by atoms with Crippen molar-refractivity contribution in [1.82, 2.24) is 15.1 Å². The van der Waals surface area contributed by atoms with Gasteiger partial charge in [-0.15, -0.1) is 0 Å². The van der Waals surface area contributed by atoms with Crippen molar-refractivity contribution in [2.24, 2.45) is 0 Å². The van der Waals surface area contributed by atoms with E-state index >= 15 is 0 Å². The summed E-state index contributed by atoms with van der Waals surface area (Å²) >= 11 is 0. The zero-order valence-electron chi connectivity index (χ0n) is 13.0. The number of ether oxygens (including phenoxy) is 2. The summed E-state index contributed by atoms with van der Waals surface area (Å²) in [6.07, 6.45) is 4.16. The van der Waals surface area contributed by atoms with E-state index in [1.165, 1.54) is 0 Å². The van der Waals surface area contributed by atoms with Gasteiger partial charge in [-0.05, 0) is 18.6 Å². The van der Waals surface area contributed by atoms with Gasteiger partial charge >= 0.3 is 6.03 Å². The monoisotopic (exact) mass is 316 g/mol. The predicted octanol–water partition coefficient (Wildman–Crippen LogP) is 2.25. The molecule has 0 fully saturated rings. The van der Waals surface area contributed by atoms with Crippen LogP contribution in [0.5, 0.6) is 11.5 Å². The molecule has 3 rings (SSSR count). The van der Waals surface area contributed by atoms with Crippen molar-refractivity contribution in [3.63, 3.8) is 0 Å². The van der Waals surface area contributed by atoms with Crippen LogP contribution in [0.2, 0.25) is 0 Å². The van der Waals surface area contributed by atoms with Gasteiger partial charge in [-0.3, -0.25) is 4.68 Å². The van der Waals surface area contributed by atoms with Gasteiger partial charge in [0.25, 0.3) is 0 Å². The van der Waals surface area contributed by atoms with Gasteiger partial charge in [0.15, 0.2) is 17.6 Å². The van der Waals surface area contributed by atoms with Crippen LogP contribution in [0.15, 0.2) is 36.7 Å². The van der Waals surface area contributed by atoms with Crippen LogP contribution in [0.25, 0.3) is 0 Å². The van der Waals surface area contributed by atoms with Gasteiger partial charge < -0.3 is 20.1 Å². The quantitative estimate of drug-likeness (QED) is 0.887. The SMILES string of the molecule is CCCNC(=O)Nc1cnn(CC2COc3ccccc3O2)c1. The molecule has 0 saturated heterocycles. The molecule has 0 saturated carbocycles. The lowest BCUT2D eigenvalue weighted by Crippen LogP contribution is -2.33. The topological polar surface area (TPSA) is 77.4 Å². The highest BCUT2D eigenvalue weighted by Crippen LogP contribution is 2.31. The van der Waals surface area contributed by atoms with Gasteiger partial charge in [-0.1, -0.05) is 19.1 Å². The van der Waals surface area contributed by atoms with Gasteiger partial charge in [0.05, 0.1) is 18.4 Å². The summed E-state index contributed by atoms with van der Waals surface area (Å²) in [6.45, 7) is 3.67. The number of nitrogens with one attached hydrogen (secondary N) is 2. The van der Waals surface area contributed by atoms with Gasteiger partial charge in [0.2, 0.25) is 0 Å². The highest BCUT2D eigenvalue weighted by molar-refractivity contribution is 5.88. The summed E-state index contributed by atoms with van der Waals surface area (Å²) in [6, 6.07) is 7.37. The first-order valence-corrected chi connectivity index (χ1v) is 7.70. The second-order valence-corrected chi connectivity index (χ2v) is 5.33. The minimum atomic E-state index is -0.224. The fourth-order valence-electron chi connectivity index (χ4n) is 2.30. The Morgan fingerprint density at radius 2 is 2.22 bits per heavy atom. The van der Waals surface area contributed by atoms with Crippen LogP contribution in [0, 0.1) is 0 Å². The van der Waals surface area contributed by atoms with Crippen LogP contribution >= 0.6 is 0 Å². The van der Waals surface area contributed by atoms with Crippen molar-refractivity contribution in [2.45, 2.75) is 26.0 Å². The summed E-state index contributed by atoms with van der Waals surface area (Å²) in [7, 11) is 0. The van der Waals surface area contributed by atoms with Crippen LogP contribution in [0.1, 0.15) is 13.3 Å². The number of amides is 2. The summed E-state index contributed by atoms with van der Waals surface area (Å²) in [5, 5.41) is 9.73. The molecule has 0 radical (unpaired) electrons. The highest BCUT2D eigenvalue weighted by Gasteiger charge is 2.21. The fourth-order valence-corrected chi connectivity index (χ4v) is 2.30. The Bertz CT molecular complexity index is 671. The molecule has 1 aromatic carbocycles. The Morgan fingerprint density at radius 3 is 3.04 bits per heavy atom. The number of hydrogen-bond acceptors (Lipinski definition) is 4. The first kappa shape index (κ1) is 15.2. The van der Waals surface area contributed by atoms with Gasteiger partial charge in [0.1, 0.15) is 6.61 Å². The smallest absolute Gasteiger partial charge is 0.319 e. The molecule has 2 N–H and O–H groups in total. The first-order chi connectivity index (χ1) is 11.2. The molecule has 1 aliphatic heterocycles. The Kier molecular flexibility index (Phi) is 4.65. The van der Waals surface area contributed by atoms with Crippen molar-refractivity contribution in [3.8, 4) is 11.5 Å². The average Bonchev–Trinajstić information content (AvgIpc) is 2.99. The van der Waals surface area contributed by atoms with Crippen molar-refractivity contribution < 1.29 is 14.3 Å². The summed E-state index contributed by atoms with van der Waals surface area (Å²) in [4.78, 5) is 11.6. The predicted molar refractivity (Wildman–Crippen MR) is 85.9 cm³/mol. The molecule has 0 aliphatic carbocycles. The van der Waals surface area contributed by atoms with E-state index < -0.39 is 0 Å². The van der Waals surface area contributed by atoms with Crippen LogP contribution in [0.3, 0.4) is 0 Å². The number of fused-ring (bicyclic) bond motifs is 1. The fraction of sp³-hybridized carbons (Fsp3) is 0.375. The molecule has 0 bridgehead atoms. The summed E-state index contributed by atoms with van der Waals surface area (Å²) < 4.78 is 13.3. The molecule has 2 amide bonds. The number of aromatic nitrogens is 2. The van der Waals surface area contributed by atoms with E-state index in [0.29, 0.717) is 25.4 Å². The largest absolute Gasteiger partial charge is 0.486 e. The summed E-state index contributed by atoms with van der Waals surface area (Å²) in [5.41, 5.74) is 0.649. The van der Waals surface area contributed by atoms with Crippen molar-refractivity contribution in [2.75, 3.05) is 18.5 Å². The minimum Gasteiger partial charge on any atom is -0.486 e. The minimum absolute atomic E-state index is 0.119. The van der Waals surface area contributed by atoms with Gasteiger partial charge in [-0.2, -0.15) is 5.10 Å². The van der Waals surface area contributed by atoms with Crippen LogP contribution in [-0.2, 0) is 6.54 Å². The zero-order valence-corrected chi connectivity index (χ0v) is 13.0. The van der Waals surface area contributed by atoms with Crippen LogP contribution in [0.4, 0.5) is 10.5 Å². The lowest BCUT2D eigenvalue weighted by molar-refractivity contribution is 0.0759. The molecule has 1 aliphatic rings. The molecular weight excluding hydrogens is 296 g/mol. The lowest BCUT2D eigenvalue weighted by atomic mass is 10.2. The Labute approximate surface area is 134 Å². The van der Waals surface area contributed by atoms with E-state index in [1.807, 2.05) is 31.2 Å². The van der Waals surface area contributed by atoms with E-state index in [4.69, 9.17) is 9.47 Å². The van der Waals surface area contributed by atoms with E-state index in [-0.39, 0.29) is 12.1 Å². The first-order valence-electron chi connectivity index (χ1n) is 7.70. The second kappa shape index (κ2) is 7.04. The van der Waals surface area contributed by atoms with Crippen molar-refractivity contribution in [3.05, 3.63) is 36.7 Å². The van der Waals surface area contributed by atoms with E-state index in [2.05, 4.69) is 15.7 Å². The zero-order chi connectivity index (χ0) is 16.1. The van der Waals surface area contributed by atoms with Gasteiger partial charge in [-0.25, -0.2) is 4.79 Å². The Morgan fingerprint density at radius 1 is 1.39 bits per heavy atom. The third-order valence-electron chi connectivity index (χ3n) is 3.38. The molecule has 2 aromatic rings. The molecular formula is C16H20N4O3. The lowest BCUT2D eigenvalue weighted by Gasteiger charge is -2.26. The number of carbonyl (C=O) groups is 1. The Balaban J connectivity index is 1.54. The third-order valence-corrected chi connectivity index (χ3v) is 3.38. The molecule has 7 nitrogen and oxygen atoms in total. The highest BCUT2D eigenvalue weighted by atomic mass is 16.6. The van der Waals surface area contributed by atoms with E-state index in [0.717, 1.165) is 17.9 Å². The number of para-hydroxylation sites is 2. The molecule has 7 heteroatoms. The number of anilines is 1. The van der Waals surface area contributed by atoms with Crippen LogP contribution in [-0.4, -0.2) is 35.1 Å². The maximum Gasteiger partial charge on any atom is 0.319 e. The normalized spacial score (nSPS) is 16.0. The number of urea groups is 1. The molecule has 1 aromatic heterocycles. The molecule has 1 unspecified atom stereocenters. The molecule has 2 heterocycles. The number of rotatable bonds is 5. The van der Waals surface area contributed by atoms with E-state index in [9.17, 15) is 4.79 Å². The number of carbonyl (C=O) groups excluding carboxylic acids is 1. The van der Waals surface area contributed by atoms with Crippen molar-refractivity contribution >= 4 is 11.7 Å². The third kappa shape index (κ3) is 3.94. The summed E-state index contributed by atoms with van der Waals surface area (Å²) in [5.74, 6) is 1.51. The molecule has 23 heavy (non-hydrogen) atoms. The molecule has 122 valence electrons. The van der Waals surface area contributed by atoms with Crippen molar-refractivity contribution in [1.29, 1.82) is 0 Å². The Hall–Kier alpha value is -2.70.